The Labute approximate surface area is 185 Å². The first kappa shape index (κ1) is 22.5. The van der Waals surface area contributed by atoms with E-state index in [2.05, 4.69) is 15.2 Å². The van der Waals surface area contributed by atoms with Gasteiger partial charge in [0.25, 0.3) is 15.7 Å². The summed E-state index contributed by atoms with van der Waals surface area (Å²) in [6, 6.07) is 19.4. The first-order chi connectivity index (χ1) is 15.4. The van der Waals surface area contributed by atoms with Crippen LogP contribution >= 0.6 is 0 Å². The average molecular weight is 452 g/mol. The fraction of sp³-hybridized carbons (Fsp3) is 0.0455. The van der Waals surface area contributed by atoms with Crippen LogP contribution in [0.4, 0.5) is 17.1 Å². The number of hydrazone groups is 1. The maximum atomic E-state index is 13.0. The van der Waals surface area contributed by atoms with Gasteiger partial charge in [0.05, 0.1) is 23.4 Å². The third kappa shape index (κ3) is 5.70. The number of allylic oxidation sites excluding steroid dienone is 1. The van der Waals surface area contributed by atoms with E-state index < -0.39 is 14.9 Å². The number of hydrogen-bond donors (Lipinski definition) is 2. The van der Waals surface area contributed by atoms with E-state index in [1.54, 1.807) is 24.3 Å². The summed E-state index contributed by atoms with van der Waals surface area (Å²) in [6.45, 7) is 0. The van der Waals surface area contributed by atoms with Crippen molar-refractivity contribution in [3.63, 3.8) is 0 Å². The Balaban J connectivity index is 1.88. The van der Waals surface area contributed by atoms with Gasteiger partial charge in [-0.15, -0.1) is 0 Å². The minimum absolute atomic E-state index is 0.0716. The molecule has 0 aliphatic rings. The van der Waals surface area contributed by atoms with Crippen LogP contribution in [0.15, 0.2) is 88.9 Å². The van der Waals surface area contributed by atoms with Gasteiger partial charge in [0.1, 0.15) is 10.6 Å². The predicted octanol–water partition coefficient (Wildman–Crippen LogP) is 4.52. The third-order valence-corrected chi connectivity index (χ3v) is 5.66. The summed E-state index contributed by atoms with van der Waals surface area (Å²) in [6.07, 6.45) is 4.94. The molecule has 2 N–H and O–H groups in total. The van der Waals surface area contributed by atoms with E-state index in [0.29, 0.717) is 5.75 Å². The second kappa shape index (κ2) is 10.2. The minimum Gasteiger partial charge on any atom is -0.495 e. The molecular weight excluding hydrogens is 432 g/mol. The Bertz CT molecular complexity index is 1260. The largest absolute Gasteiger partial charge is 0.495 e. The Morgan fingerprint density at radius 2 is 1.72 bits per heavy atom. The van der Waals surface area contributed by atoms with Gasteiger partial charge in [-0.3, -0.25) is 20.3 Å². The van der Waals surface area contributed by atoms with Crippen molar-refractivity contribution in [2.24, 2.45) is 5.10 Å². The van der Waals surface area contributed by atoms with Crippen LogP contribution in [0.3, 0.4) is 0 Å². The lowest BCUT2D eigenvalue weighted by Gasteiger charge is -2.14. The molecule has 3 rings (SSSR count). The van der Waals surface area contributed by atoms with Crippen LogP contribution in [-0.4, -0.2) is 26.7 Å². The lowest BCUT2D eigenvalue weighted by atomic mass is 10.2. The van der Waals surface area contributed by atoms with Crippen molar-refractivity contribution in [1.29, 1.82) is 0 Å². The Morgan fingerprint density at radius 1 is 1.00 bits per heavy atom. The van der Waals surface area contributed by atoms with Crippen molar-refractivity contribution in [2.45, 2.75) is 4.90 Å². The zero-order valence-corrected chi connectivity index (χ0v) is 17.8. The summed E-state index contributed by atoms with van der Waals surface area (Å²) >= 11 is 0. The van der Waals surface area contributed by atoms with Crippen molar-refractivity contribution < 1.29 is 18.1 Å². The zero-order chi connectivity index (χ0) is 23.0. The summed E-state index contributed by atoms with van der Waals surface area (Å²) in [7, 11) is -2.80. The second-order valence-electron chi connectivity index (χ2n) is 6.40. The molecule has 0 aliphatic heterocycles. The molecule has 0 unspecified atom stereocenters. The van der Waals surface area contributed by atoms with Crippen molar-refractivity contribution in [2.75, 3.05) is 17.3 Å². The molecule has 9 nitrogen and oxygen atoms in total. The van der Waals surface area contributed by atoms with Crippen molar-refractivity contribution in [3.8, 4) is 5.75 Å². The topological polar surface area (TPSA) is 123 Å². The van der Waals surface area contributed by atoms with Gasteiger partial charge >= 0.3 is 0 Å². The molecule has 0 spiro atoms. The van der Waals surface area contributed by atoms with E-state index in [0.717, 1.165) is 11.6 Å². The SMILES string of the molecule is COc1ccccc1NS(=O)(=O)c1cc([N+](=O)[O-])ccc1N/N=C\C=C\c1ccccc1. The standard InChI is InChI=1S/C22H20N4O5S/c1-31-21-12-6-5-11-19(21)25-32(29,30)22-16-18(26(27)28)13-14-20(22)24-23-15-7-10-17-8-3-2-4-9-17/h2-16,24-25H,1H3/b10-7+,23-15-. The molecule has 0 saturated heterocycles. The first-order valence-electron chi connectivity index (χ1n) is 9.36. The highest BCUT2D eigenvalue weighted by Gasteiger charge is 2.23. The lowest BCUT2D eigenvalue weighted by Crippen LogP contribution is -2.15. The fourth-order valence-electron chi connectivity index (χ4n) is 2.74. The van der Waals surface area contributed by atoms with Crippen LogP contribution in [-0.2, 0) is 10.0 Å². The molecule has 0 bridgehead atoms. The highest BCUT2D eigenvalue weighted by molar-refractivity contribution is 7.93. The van der Waals surface area contributed by atoms with Gasteiger partial charge in [-0.2, -0.15) is 5.10 Å². The molecule has 0 radical (unpaired) electrons. The number of anilines is 2. The lowest BCUT2D eigenvalue weighted by molar-refractivity contribution is -0.385. The number of nitrogens with one attached hydrogen (secondary N) is 2. The number of benzene rings is 3. The Morgan fingerprint density at radius 3 is 2.44 bits per heavy atom. The van der Waals surface area contributed by atoms with Gasteiger partial charge in [0, 0.05) is 18.3 Å². The number of nitro benzene ring substituents is 1. The van der Waals surface area contributed by atoms with Gasteiger partial charge in [0.15, 0.2) is 0 Å². The Kier molecular flexibility index (Phi) is 7.19. The summed E-state index contributed by atoms with van der Waals surface area (Å²) in [5.74, 6) is 0.306. The highest BCUT2D eigenvalue weighted by Crippen LogP contribution is 2.31. The van der Waals surface area contributed by atoms with E-state index in [1.165, 1.54) is 31.5 Å². The van der Waals surface area contributed by atoms with Crippen LogP contribution in [0.5, 0.6) is 5.75 Å². The van der Waals surface area contributed by atoms with Crippen molar-refractivity contribution in [3.05, 3.63) is 94.6 Å². The molecule has 0 saturated carbocycles. The monoisotopic (exact) mass is 452 g/mol. The molecule has 3 aromatic rings. The third-order valence-electron chi connectivity index (χ3n) is 4.25. The maximum absolute atomic E-state index is 13.0. The molecule has 32 heavy (non-hydrogen) atoms. The molecule has 0 fully saturated rings. The van der Waals surface area contributed by atoms with Gasteiger partial charge in [0.2, 0.25) is 0 Å². The summed E-state index contributed by atoms with van der Waals surface area (Å²) in [5.41, 5.74) is 3.50. The normalized spacial score (nSPS) is 11.5. The van der Waals surface area contributed by atoms with E-state index in [9.17, 15) is 18.5 Å². The van der Waals surface area contributed by atoms with Gasteiger partial charge in [-0.05, 0) is 29.8 Å². The number of nitrogens with zero attached hydrogens (tertiary/aromatic N) is 2. The molecule has 0 aliphatic carbocycles. The summed E-state index contributed by atoms with van der Waals surface area (Å²) in [4.78, 5) is 10.2. The molecular formula is C22H20N4O5S. The minimum atomic E-state index is -4.21. The van der Waals surface area contributed by atoms with E-state index in [-0.39, 0.29) is 22.0 Å². The van der Waals surface area contributed by atoms with Crippen LogP contribution < -0.4 is 14.9 Å². The smallest absolute Gasteiger partial charge is 0.270 e. The average Bonchev–Trinajstić information content (AvgIpc) is 2.79. The van der Waals surface area contributed by atoms with Crippen molar-refractivity contribution in [1.82, 2.24) is 0 Å². The number of para-hydroxylation sites is 2. The number of methoxy groups -OCH3 is 1. The molecule has 3 aromatic carbocycles. The molecule has 0 atom stereocenters. The number of rotatable bonds is 9. The van der Waals surface area contributed by atoms with E-state index in [4.69, 9.17) is 4.74 Å². The summed E-state index contributed by atoms with van der Waals surface area (Å²) < 4.78 is 33.7. The fourth-order valence-corrected chi connectivity index (χ4v) is 3.98. The second-order valence-corrected chi connectivity index (χ2v) is 8.05. The maximum Gasteiger partial charge on any atom is 0.270 e. The van der Waals surface area contributed by atoms with Crippen LogP contribution in [0.2, 0.25) is 0 Å². The number of sulfonamides is 1. The van der Waals surface area contributed by atoms with Crippen LogP contribution in [0.25, 0.3) is 6.08 Å². The Hall–Kier alpha value is -4.18. The van der Waals surface area contributed by atoms with E-state index >= 15 is 0 Å². The highest BCUT2D eigenvalue weighted by atomic mass is 32.2. The molecule has 0 amide bonds. The van der Waals surface area contributed by atoms with Crippen LogP contribution in [0, 0.1) is 10.1 Å². The van der Waals surface area contributed by atoms with Gasteiger partial charge in [-0.1, -0.05) is 48.5 Å². The van der Waals surface area contributed by atoms with Crippen molar-refractivity contribution >= 4 is 39.4 Å². The molecule has 0 heterocycles. The first-order valence-corrected chi connectivity index (χ1v) is 10.8. The van der Waals surface area contributed by atoms with Crippen LogP contribution in [0.1, 0.15) is 5.56 Å². The van der Waals surface area contributed by atoms with Gasteiger partial charge in [-0.25, -0.2) is 8.42 Å². The van der Waals surface area contributed by atoms with E-state index in [1.807, 2.05) is 36.4 Å². The number of non-ortho nitro benzene ring substituents is 1. The summed E-state index contributed by atoms with van der Waals surface area (Å²) in [5, 5.41) is 15.2. The molecule has 164 valence electrons. The predicted molar refractivity (Wildman–Crippen MR) is 124 cm³/mol. The zero-order valence-electron chi connectivity index (χ0n) is 17.0. The van der Waals surface area contributed by atoms with Gasteiger partial charge < -0.3 is 4.74 Å². The number of ether oxygens (including phenoxy) is 1. The molecule has 0 aromatic heterocycles. The molecule has 10 heteroatoms. The number of hydrogen-bond acceptors (Lipinski definition) is 7. The number of nitro groups is 1. The quantitative estimate of drug-likeness (QED) is 0.280.